The van der Waals surface area contributed by atoms with E-state index >= 15 is 0 Å². The number of anilines is 1. The first-order valence-corrected chi connectivity index (χ1v) is 8.00. The number of benzene rings is 1. The van der Waals surface area contributed by atoms with Crippen LogP contribution >= 0.6 is 23.4 Å². The number of nitrogens with one attached hydrogen (secondary N) is 2. The molecule has 0 bridgehead atoms. The maximum absolute atomic E-state index is 12.0. The molecule has 1 aliphatic rings. The average Bonchev–Trinajstić information content (AvgIpc) is 2.45. The predicted molar refractivity (Wildman–Crippen MR) is 85.2 cm³/mol. The van der Waals surface area contributed by atoms with Gasteiger partial charge < -0.3 is 15.7 Å². The third-order valence-electron chi connectivity index (χ3n) is 3.22. The van der Waals surface area contributed by atoms with Crippen LogP contribution in [0.4, 0.5) is 5.69 Å². The van der Waals surface area contributed by atoms with Crippen LogP contribution < -0.4 is 10.6 Å². The Kier molecular flexibility index (Phi) is 5.31. The van der Waals surface area contributed by atoms with Gasteiger partial charge in [0.15, 0.2) is 0 Å². The van der Waals surface area contributed by atoms with Crippen LogP contribution in [0.5, 0.6) is 0 Å². The van der Waals surface area contributed by atoms with Gasteiger partial charge in [0, 0.05) is 22.9 Å². The third-order valence-corrected chi connectivity index (χ3v) is 4.76. The fourth-order valence-electron chi connectivity index (χ4n) is 1.98. The second-order valence-corrected chi connectivity index (χ2v) is 6.61. The van der Waals surface area contributed by atoms with E-state index in [-0.39, 0.29) is 18.1 Å². The van der Waals surface area contributed by atoms with Crippen LogP contribution in [0, 0.1) is 6.92 Å². The number of carboxylic acids is 1. The molecule has 6 nitrogen and oxygen atoms in total. The molecule has 0 spiro atoms. The molecular formula is C14H15ClN2O4S. The Morgan fingerprint density at radius 2 is 2.23 bits per heavy atom. The van der Waals surface area contributed by atoms with E-state index in [2.05, 4.69) is 10.6 Å². The number of thioether (sulfide) groups is 1. The molecule has 118 valence electrons. The lowest BCUT2D eigenvalue weighted by atomic mass is 10.2. The van der Waals surface area contributed by atoms with Crippen molar-refractivity contribution in [1.82, 2.24) is 5.32 Å². The first-order chi connectivity index (χ1) is 10.4. The van der Waals surface area contributed by atoms with Crippen molar-refractivity contribution in [3.05, 3.63) is 28.8 Å². The maximum atomic E-state index is 12.0. The number of amides is 2. The number of aryl methyl sites for hydroxylation is 1. The van der Waals surface area contributed by atoms with Gasteiger partial charge in [-0.1, -0.05) is 17.7 Å². The van der Waals surface area contributed by atoms with Crippen molar-refractivity contribution < 1.29 is 19.5 Å². The molecule has 1 saturated heterocycles. The quantitative estimate of drug-likeness (QED) is 0.773. The van der Waals surface area contributed by atoms with Crippen LogP contribution in [0.3, 0.4) is 0 Å². The molecule has 0 aliphatic carbocycles. The van der Waals surface area contributed by atoms with E-state index in [0.29, 0.717) is 10.7 Å². The molecule has 0 unspecified atom stereocenters. The maximum Gasteiger partial charge on any atom is 0.327 e. The van der Waals surface area contributed by atoms with Crippen molar-refractivity contribution in [3.63, 3.8) is 0 Å². The highest BCUT2D eigenvalue weighted by atomic mass is 35.5. The van der Waals surface area contributed by atoms with Crippen LogP contribution in [0.2, 0.25) is 5.02 Å². The van der Waals surface area contributed by atoms with Crippen molar-refractivity contribution in [2.24, 2.45) is 0 Å². The second kappa shape index (κ2) is 7.02. The molecule has 3 N–H and O–H groups in total. The Bertz CT molecular complexity index is 623. The lowest BCUT2D eigenvalue weighted by Gasteiger charge is -2.25. The molecule has 1 aromatic rings. The highest BCUT2D eigenvalue weighted by Crippen LogP contribution is 2.24. The predicted octanol–water partition coefficient (Wildman–Crippen LogP) is 1.66. The Morgan fingerprint density at radius 3 is 2.86 bits per heavy atom. The fourth-order valence-corrected chi connectivity index (χ4v) is 3.29. The van der Waals surface area contributed by atoms with Crippen LogP contribution in [0.15, 0.2) is 18.2 Å². The van der Waals surface area contributed by atoms with Crippen LogP contribution in [0.1, 0.15) is 12.0 Å². The van der Waals surface area contributed by atoms with Gasteiger partial charge >= 0.3 is 5.97 Å². The Morgan fingerprint density at radius 1 is 1.50 bits per heavy atom. The first-order valence-electron chi connectivity index (χ1n) is 6.57. The van der Waals surface area contributed by atoms with Gasteiger partial charge in [0.1, 0.15) is 6.04 Å². The molecule has 1 fully saturated rings. The zero-order valence-corrected chi connectivity index (χ0v) is 13.3. The number of aliphatic carboxylic acids is 1. The monoisotopic (exact) mass is 342 g/mol. The molecule has 1 aliphatic heterocycles. The van der Waals surface area contributed by atoms with E-state index < -0.39 is 23.2 Å². The molecular weight excluding hydrogens is 328 g/mol. The molecule has 1 aromatic carbocycles. The number of rotatable bonds is 4. The molecule has 1 heterocycles. The highest BCUT2D eigenvalue weighted by Gasteiger charge is 2.33. The summed E-state index contributed by atoms with van der Waals surface area (Å²) in [6, 6.07) is 4.26. The number of carbonyl (C=O) groups excluding carboxylic acids is 2. The Balaban J connectivity index is 1.94. The smallest absolute Gasteiger partial charge is 0.327 e. The van der Waals surface area contributed by atoms with Gasteiger partial charge in [-0.05, 0) is 24.6 Å². The van der Waals surface area contributed by atoms with Gasteiger partial charge in [-0.15, -0.1) is 11.8 Å². The van der Waals surface area contributed by atoms with Gasteiger partial charge in [0.05, 0.1) is 5.25 Å². The normalized spacial score (nSPS) is 21.1. The van der Waals surface area contributed by atoms with Crippen molar-refractivity contribution in [3.8, 4) is 0 Å². The van der Waals surface area contributed by atoms with Crippen molar-refractivity contribution >= 4 is 46.8 Å². The molecule has 0 aromatic heterocycles. The number of carbonyl (C=O) groups is 3. The van der Waals surface area contributed by atoms with Crippen molar-refractivity contribution in [2.45, 2.75) is 24.6 Å². The summed E-state index contributed by atoms with van der Waals surface area (Å²) >= 11 is 7.06. The van der Waals surface area contributed by atoms with Gasteiger partial charge in [-0.3, -0.25) is 9.59 Å². The largest absolute Gasteiger partial charge is 0.480 e. The summed E-state index contributed by atoms with van der Waals surface area (Å²) in [4.78, 5) is 34.7. The molecule has 2 atom stereocenters. The Hall–Kier alpha value is -1.73. The lowest BCUT2D eigenvalue weighted by Crippen LogP contribution is -2.51. The summed E-state index contributed by atoms with van der Waals surface area (Å²) in [7, 11) is 0. The summed E-state index contributed by atoms with van der Waals surface area (Å²) in [6.45, 7) is 1.84. The van der Waals surface area contributed by atoms with E-state index in [0.717, 1.165) is 5.56 Å². The van der Waals surface area contributed by atoms with Crippen LogP contribution in [-0.4, -0.2) is 39.9 Å². The molecule has 0 saturated carbocycles. The Labute approximate surface area is 136 Å². The van der Waals surface area contributed by atoms with Gasteiger partial charge in [0.2, 0.25) is 11.8 Å². The minimum atomic E-state index is -1.07. The van der Waals surface area contributed by atoms with E-state index in [1.807, 2.05) is 6.92 Å². The number of hydrogen-bond donors (Lipinski definition) is 3. The highest BCUT2D eigenvalue weighted by molar-refractivity contribution is 8.00. The number of hydrogen-bond acceptors (Lipinski definition) is 4. The van der Waals surface area contributed by atoms with Crippen molar-refractivity contribution in [1.29, 1.82) is 0 Å². The second-order valence-electron chi connectivity index (χ2n) is 4.93. The minimum Gasteiger partial charge on any atom is -0.480 e. The molecule has 8 heteroatoms. The zero-order chi connectivity index (χ0) is 16.3. The molecule has 2 amide bonds. The topological polar surface area (TPSA) is 95.5 Å². The van der Waals surface area contributed by atoms with Gasteiger partial charge in [-0.25, -0.2) is 4.79 Å². The lowest BCUT2D eigenvalue weighted by molar-refractivity contribution is -0.141. The van der Waals surface area contributed by atoms with Crippen LogP contribution in [-0.2, 0) is 14.4 Å². The average molecular weight is 343 g/mol. The summed E-state index contributed by atoms with van der Waals surface area (Å²) in [5.41, 5.74) is 1.46. The molecule has 22 heavy (non-hydrogen) atoms. The van der Waals surface area contributed by atoms with E-state index in [9.17, 15) is 14.4 Å². The van der Waals surface area contributed by atoms with Crippen molar-refractivity contribution in [2.75, 3.05) is 11.1 Å². The minimum absolute atomic E-state index is 0.0191. The molecule has 2 rings (SSSR count). The number of carboxylic acid groups (broad SMARTS) is 1. The van der Waals surface area contributed by atoms with E-state index in [1.54, 1.807) is 18.2 Å². The zero-order valence-electron chi connectivity index (χ0n) is 11.8. The third kappa shape index (κ3) is 4.14. The SMILES string of the molecule is Cc1ccc(Cl)cc1NC(=O)C[C@@H]1SC[C@H](C(=O)O)NC1=O. The van der Waals surface area contributed by atoms with E-state index in [4.69, 9.17) is 16.7 Å². The standard InChI is InChI=1S/C14H15ClN2O4S/c1-7-2-3-8(15)4-9(7)16-12(18)5-11-13(19)17-10(6-22-11)14(20)21/h2-4,10-11H,5-6H2,1H3,(H,16,18)(H,17,19)(H,20,21)/t10-,11+/m1/s1. The molecule has 0 radical (unpaired) electrons. The summed E-state index contributed by atoms with van der Waals surface area (Å²) in [5.74, 6) is -1.57. The van der Waals surface area contributed by atoms with E-state index in [1.165, 1.54) is 11.8 Å². The number of halogens is 1. The summed E-state index contributed by atoms with van der Waals surface area (Å²) < 4.78 is 0. The first kappa shape index (κ1) is 16.6. The van der Waals surface area contributed by atoms with Crippen LogP contribution in [0.25, 0.3) is 0 Å². The van der Waals surface area contributed by atoms with Gasteiger partial charge in [0.25, 0.3) is 0 Å². The van der Waals surface area contributed by atoms with Gasteiger partial charge in [-0.2, -0.15) is 0 Å². The fraction of sp³-hybridized carbons (Fsp3) is 0.357. The summed E-state index contributed by atoms with van der Waals surface area (Å²) in [5, 5.41) is 13.9. The summed E-state index contributed by atoms with van der Waals surface area (Å²) in [6.07, 6.45) is -0.0191.